The number of carbonyl (C=O) groups is 2. The number of aromatic amines is 2. The Hall–Kier alpha value is -0.147. The molecular weight excluding hydrogens is 599 g/mol. The van der Waals surface area contributed by atoms with Gasteiger partial charge in [0.05, 0.1) is 10.8 Å². The van der Waals surface area contributed by atoms with E-state index in [9.17, 15) is 29.4 Å². The Morgan fingerprint density at radius 3 is 1.31 bits per heavy atom. The number of hydrogen-bond donors (Lipinski definition) is 2. The first-order valence-corrected chi connectivity index (χ1v) is 12.9. The molecule has 11 nitrogen and oxygen atoms in total. The van der Waals surface area contributed by atoms with Crippen LogP contribution >= 0.6 is 22.7 Å². The van der Waals surface area contributed by atoms with Crippen LogP contribution in [0.25, 0.3) is 20.4 Å². The van der Waals surface area contributed by atoms with E-state index < -0.39 is 34.7 Å². The molecule has 0 aliphatic rings. The molecule has 0 unspecified atom stereocenters. The van der Waals surface area contributed by atoms with Gasteiger partial charge in [0.15, 0.2) is 11.6 Å². The summed E-state index contributed by atoms with van der Waals surface area (Å²) in [5, 5.41) is 22.4. The van der Waals surface area contributed by atoms with Gasteiger partial charge in [-0.1, -0.05) is 27.7 Å². The Kier molecular flexibility index (Phi) is 16.4. The van der Waals surface area contributed by atoms with Gasteiger partial charge in [0, 0.05) is 9.75 Å². The molecule has 4 N–H and O–H groups in total. The number of thiophene rings is 2. The van der Waals surface area contributed by atoms with Gasteiger partial charge in [-0.05, 0) is 49.7 Å². The minimum absolute atomic E-state index is 0. The van der Waals surface area contributed by atoms with Crippen LogP contribution in [0, 0.1) is 25.7 Å². The van der Waals surface area contributed by atoms with Crippen LogP contribution in [-0.2, 0) is 12.8 Å². The molecule has 0 saturated carbocycles. The van der Waals surface area contributed by atoms with Crippen molar-refractivity contribution in [3.8, 4) is 0 Å². The predicted octanol–water partition coefficient (Wildman–Crippen LogP) is -5.11. The minimum Gasteiger partial charge on any atom is -0.542 e. The van der Waals surface area contributed by atoms with Crippen LogP contribution in [0.1, 0.15) is 69.8 Å². The second kappa shape index (κ2) is 16.5. The van der Waals surface area contributed by atoms with Crippen molar-refractivity contribution >= 4 is 55.0 Å². The molecule has 39 heavy (non-hydrogen) atoms. The van der Waals surface area contributed by atoms with Crippen molar-refractivity contribution in [3.05, 3.63) is 53.2 Å². The van der Waals surface area contributed by atoms with Crippen molar-refractivity contribution in [2.45, 2.75) is 54.4 Å². The second-order valence-corrected chi connectivity index (χ2v) is 11.4. The van der Waals surface area contributed by atoms with Gasteiger partial charge in [-0.2, -0.15) is 0 Å². The van der Waals surface area contributed by atoms with Crippen LogP contribution in [0.4, 0.5) is 0 Å². The maximum Gasteiger partial charge on any atom is 1.00 e. The molecule has 0 atom stereocenters. The smallest absolute Gasteiger partial charge is 0.542 e. The van der Waals surface area contributed by atoms with Crippen LogP contribution in [0.2, 0.25) is 0 Å². The Morgan fingerprint density at radius 2 is 1.05 bits per heavy atom. The number of carboxylic acids is 2. The third-order valence-corrected chi connectivity index (χ3v) is 7.79. The monoisotopic (exact) mass is 626 g/mol. The van der Waals surface area contributed by atoms with Crippen LogP contribution in [0.15, 0.2) is 9.59 Å². The first-order chi connectivity index (χ1) is 16.8. The topological polar surface area (TPSA) is 203 Å². The van der Waals surface area contributed by atoms with E-state index in [4.69, 9.17) is 0 Å². The fourth-order valence-corrected chi connectivity index (χ4v) is 6.48. The Balaban J connectivity index is 0.000000688. The summed E-state index contributed by atoms with van der Waals surface area (Å²) in [6.45, 7) is 12.1. The first kappa shape index (κ1) is 38.9. The molecule has 0 aliphatic carbocycles. The SMILES string of the molecule is Cc1c(CC(C)C)sc2nc(C(=O)[O-])[nH]c(=O)c12.Cc1c(CC(C)C)sc2nc(C(=O)[O-])[nH]c(=O)c12.O.[K+].[K+]. The molecule has 4 aromatic heterocycles. The number of rotatable bonds is 6. The first-order valence-electron chi connectivity index (χ1n) is 11.3. The zero-order chi connectivity index (χ0) is 26.9. The quantitative estimate of drug-likeness (QED) is 0.198. The fourth-order valence-electron chi connectivity index (χ4n) is 3.70. The van der Waals surface area contributed by atoms with E-state index in [1.165, 1.54) is 22.7 Å². The van der Waals surface area contributed by atoms with Crippen molar-refractivity contribution in [2.75, 3.05) is 0 Å². The number of nitrogens with zero attached hydrogens (tertiary/aromatic N) is 2. The molecular formula is C24H28K2N4O7S2. The molecule has 4 aromatic rings. The molecule has 0 aliphatic heterocycles. The summed E-state index contributed by atoms with van der Waals surface area (Å²) in [6, 6.07) is 0. The molecule has 4 heterocycles. The fraction of sp³-hybridized carbons (Fsp3) is 0.417. The number of aryl methyl sites for hydroxylation is 2. The number of nitrogens with one attached hydrogen (secondary N) is 2. The van der Waals surface area contributed by atoms with Crippen molar-refractivity contribution in [2.24, 2.45) is 11.8 Å². The van der Waals surface area contributed by atoms with E-state index in [0.29, 0.717) is 32.3 Å². The largest absolute Gasteiger partial charge is 1.00 e. The zero-order valence-corrected chi connectivity index (χ0v) is 31.1. The summed E-state index contributed by atoms with van der Waals surface area (Å²) < 4.78 is 0. The van der Waals surface area contributed by atoms with E-state index in [2.05, 4.69) is 47.6 Å². The van der Waals surface area contributed by atoms with E-state index in [1.807, 2.05) is 13.8 Å². The Morgan fingerprint density at radius 1 is 0.744 bits per heavy atom. The summed E-state index contributed by atoms with van der Waals surface area (Å²) in [5.74, 6) is -2.82. The van der Waals surface area contributed by atoms with Gasteiger partial charge < -0.3 is 35.2 Å². The van der Waals surface area contributed by atoms with Gasteiger partial charge >= 0.3 is 103 Å². The molecule has 0 bridgehead atoms. The number of carboxylic acid groups (broad SMARTS) is 2. The maximum atomic E-state index is 11.8. The van der Waals surface area contributed by atoms with Gasteiger partial charge in [-0.15, -0.1) is 22.7 Å². The van der Waals surface area contributed by atoms with E-state index in [1.54, 1.807) is 0 Å². The van der Waals surface area contributed by atoms with Gasteiger partial charge in [0.1, 0.15) is 21.6 Å². The van der Waals surface area contributed by atoms with Crippen molar-refractivity contribution in [3.63, 3.8) is 0 Å². The van der Waals surface area contributed by atoms with Crippen LogP contribution in [-0.4, -0.2) is 37.4 Å². The number of fused-ring (bicyclic) bond motifs is 2. The maximum absolute atomic E-state index is 11.8. The summed E-state index contributed by atoms with van der Waals surface area (Å²) in [5.41, 5.74) is 0.954. The molecule has 0 fully saturated rings. The van der Waals surface area contributed by atoms with Gasteiger partial charge in [0.25, 0.3) is 11.1 Å². The molecule has 0 radical (unpaired) electrons. The Bertz CT molecular complexity index is 1470. The van der Waals surface area contributed by atoms with E-state index in [-0.39, 0.29) is 108 Å². The summed E-state index contributed by atoms with van der Waals surface area (Å²) in [4.78, 5) is 60.5. The van der Waals surface area contributed by atoms with Gasteiger partial charge in [-0.25, -0.2) is 9.97 Å². The number of H-pyrrole nitrogens is 2. The summed E-state index contributed by atoms with van der Waals surface area (Å²) in [7, 11) is 0. The average Bonchev–Trinajstić information content (AvgIpc) is 3.24. The predicted molar refractivity (Wildman–Crippen MR) is 139 cm³/mol. The average molecular weight is 627 g/mol. The zero-order valence-electron chi connectivity index (χ0n) is 23.2. The molecule has 200 valence electrons. The standard InChI is InChI=1S/2C12H14N2O3S.2K.H2O/c2*1-5(2)4-7-6(3)8-10(15)13-9(12(16)17)14-11(8)18-7;;;/h2*5H,4H2,1-3H3,(H,16,17)(H,13,14,15);;;1H2/q;;2*+1;/p-2. The summed E-state index contributed by atoms with van der Waals surface area (Å²) >= 11 is 2.75. The van der Waals surface area contributed by atoms with Crippen molar-refractivity contribution in [1.82, 2.24) is 19.9 Å². The number of aromatic carboxylic acids is 2. The number of carbonyl (C=O) groups excluding carboxylic acids is 2. The molecule has 0 spiro atoms. The molecule has 0 amide bonds. The third-order valence-electron chi connectivity index (χ3n) is 5.37. The number of aromatic nitrogens is 4. The molecule has 4 rings (SSSR count). The molecule has 15 heteroatoms. The van der Waals surface area contributed by atoms with Crippen LogP contribution in [0.3, 0.4) is 0 Å². The van der Waals surface area contributed by atoms with E-state index >= 15 is 0 Å². The van der Waals surface area contributed by atoms with E-state index in [0.717, 1.165) is 33.7 Å². The van der Waals surface area contributed by atoms with Crippen LogP contribution < -0.4 is 124 Å². The second-order valence-electron chi connectivity index (χ2n) is 9.26. The van der Waals surface area contributed by atoms with Gasteiger partial charge in [0.2, 0.25) is 0 Å². The summed E-state index contributed by atoms with van der Waals surface area (Å²) in [6.07, 6.45) is 1.71. The number of hydrogen-bond acceptors (Lipinski definition) is 10. The van der Waals surface area contributed by atoms with Crippen molar-refractivity contribution < 1.29 is 128 Å². The Labute approximate surface area is 317 Å². The van der Waals surface area contributed by atoms with Gasteiger partial charge in [-0.3, -0.25) is 9.59 Å². The minimum atomic E-state index is -1.47. The third kappa shape index (κ3) is 9.42. The normalized spacial score (nSPS) is 10.5. The molecule has 0 saturated heterocycles. The molecule has 0 aromatic carbocycles. The van der Waals surface area contributed by atoms with Crippen LogP contribution in [0.5, 0.6) is 0 Å². The van der Waals surface area contributed by atoms with Crippen molar-refractivity contribution in [1.29, 1.82) is 0 Å².